The number of fused-ring (bicyclic) bond motifs is 2. The summed E-state index contributed by atoms with van der Waals surface area (Å²) in [5, 5.41) is 2.07. The van der Waals surface area contributed by atoms with Crippen molar-refractivity contribution >= 4 is 52.3 Å². The Labute approximate surface area is 273 Å². The van der Waals surface area contributed by atoms with Gasteiger partial charge in [-0.1, -0.05) is 121 Å². The zero-order chi connectivity index (χ0) is 29.6. The first kappa shape index (κ1) is 27.6. The smallest absolute Gasteiger partial charge is 0.124 e. The van der Waals surface area contributed by atoms with Crippen molar-refractivity contribution < 1.29 is 0 Å². The number of hydrogen-bond donors (Lipinski definition) is 0. The third-order valence-corrected chi connectivity index (χ3v) is 12.2. The SMILES string of the molecule is Cc1sc(-c2ccccc2)nc1-c1ccc2c(C=C3Sc4ccccc4S3)ccc-2cc1-c1nc(-c2ccccc2)sc1C. The monoisotopic (exact) mass is 638 g/mol. The van der Waals surface area contributed by atoms with E-state index in [0.29, 0.717) is 0 Å². The third-order valence-electron chi connectivity index (χ3n) is 7.76. The quantitative estimate of drug-likeness (QED) is 0.187. The van der Waals surface area contributed by atoms with Crippen LogP contribution in [-0.4, -0.2) is 9.97 Å². The van der Waals surface area contributed by atoms with Crippen molar-refractivity contribution in [1.82, 2.24) is 9.97 Å². The molecule has 44 heavy (non-hydrogen) atoms. The number of thiazole rings is 2. The normalized spacial score (nSPS) is 12.5. The van der Waals surface area contributed by atoms with Gasteiger partial charge in [0.25, 0.3) is 0 Å². The van der Waals surface area contributed by atoms with Crippen LogP contribution in [0.4, 0.5) is 0 Å². The molecule has 0 unspecified atom stereocenters. The minimum absolute atomic E-state index is 1.02. The Hall–Kier alpha value is -3.94. The summed E-state index contributed by atoms with van der Waals surface area (Å²) in [5.74, 6) is 0. The van der Waals surface area contributed by atoms with Gasteiger partial charge in [0.1, 0.15) is 10.0 Å². The Balaban J connectivity index is 1.29. The Morgan fingerprint density at radius 1 is 0.500 bits per heavy atom. The fraction of sp³-hybridized carbons (Fsp3) is 0.0526. The summed E-state index contributed by atoms with van der Waals surface area (Å²) in [6, 6.07) is 40.9. The molecule has 1 aliphatic heterocycles. The van der Waals surface area contributed by atoms with Gasteiger partial charge in [-0.25, -0.2) is 9.97 Å². The lowest BCUT2D eigenvalue weighted by molar-refractivity contribution is 1.27. The summed E-state index contributed by atoms with van der Waals surface area (Å²) in [4.78, 5) is 15.6. The van der Waals surface area contributed by atoms with Crippen LogP contribution in [0.15, 0.2) is 129 Å². The van der Waals surface area contributed by atoms with E-state index in [1.807, 2.05) is 23.5 Å². The number of rotatable bonds is 5. The van der Waals surface area contributed by atoms with Gasteiger partial charge in [-0.05, 0) is 54.8 Å². The van der Waals surface area contributed by atoms with Gasteiger partial charge in [0, 0.05) is 41.8 Å². The molecule has 2 nitrogen and oxygen atoms in total. The number of hydrogen-bond acceptors (Lipinski definition) is 6. The van der Waals surface area contributed by atoms with Gasteiger partial charge in [0.05, 0.1) is 15.6 Å². The molecule has 3 heterocycles. The molecule has 0 bridgehead atoms. The Morgan fingerprint density at radius 3 is 1.61 bits per heavy atom. The van der Waals surface area contributed by atoms with E-state index in [-0.39, 0.29) is 0 Å². The van der Waals surface area contributed by atoms with Gasteiger partial charge in [0.15, 0.2) is 0 Å². The van der Waals surface area contributed by atoms with E-state index in [2.05, 4.69) is 135 Å². The molecule has 2 aromatic heterocycles. The third kappa shape index (κ3) is 5.12. The average molecular weight is 639 g/mol. The molecule has 0 radical (unpaired) electrons. The summed E-state index contributed by atoms with van der Waals surface area (Å²) in [6.07, 6.45) is 2.33. The molecule has 0 atom stereocenters. The Kier molecular flexibility index (Phi) is 7.23. The largest absolute Gasteiger partial charge is 0.236 e. The van der Waals surface area contributed by atoms with Crippen LogP contribution in [0.1, 0.15) is 15.3 Å². The number of aryl methyl sites for hydroxylation is 2. The molecule has 2 aliphatic carbocycles. The molecule has 3 aromatic carbocycles. The fourth-order valence-corrected chi connectivity index (χ4v) is 9.86. The molecule has 0 fully saturated rings. The molecule has 0 amide bonds. The topological polar surface area (TPSA) is 25.8 Å². The molecule has 8 rings (SSSR count). The van der Waals surface area contributed by atoms with Crippen molar-refractivity contribution in [3.05, 3.63) is 135 Å². The van der Waals surface area contributed by atoms with Gasteiger partial charge in [-0.2, -0.15) is 0 Å². The first-order valence-electron chi connectivity index (χ1n) is 14.4. The van der Waals surface area contributed by atoms with E-state index in [1.54, 1.807) is 22.7 Å². The molecule has 6 heteroatoms. The molecule has 0 saturated carbocycles. The van der Waals surface area contributed by atoms with E-state index in [1.165, 1.54) is 40.5 Å². The van der Waals surface area contributed by atoms with Crippen LogP contribution in [0.25, 0.3) is 60.9 Å². The minimum Gasteiger partial charge on any atom is -0.236 e. The van der Waals surface area contributed by atoms with Crippen molar-refractivity contribution in [2.75, 3.05) is 0 Å². The standard InChI is InChI=1S/C38H26N2S4/c1-23-35(39-37(41-23)25-11-5-3-6-12-25)30-20-19-29-27(17-18-28(29)22-34-43-32-15-9-10-16-33(32)44-34)21-31(30)36-24(2)42-38(40-36)26-13-7-4-8-14-26/h3-22H,1-2H3. The van der Waals surface area contributed by atoms with E-state index < -0.39 is 0 Å². The van der Waals surface area contributed by atoms with Gasteiger partial charge >= 0.3 is 0 Å². The van der Waals surface area contributed by atoms with Crippen molar-refractivity contribution in [2.45, 2.75) is 23.6 Å². The summed E-state index contributed by atoms with van der Waals surface area (Å²) in [7, 11) is 0. The predicted octanol–water partition coefficient (Wildman–Crippen LogP) is 12.2. The van der Waals surface area contributed by atoms with E-state index >= 15 is 0 Å². The highest BCUT2D eigenvalue weighted by molar-refractivity contribution is 8.24. The van der Waals surface area contributed by atoms with Crippen molar-refractivity contribution in [3.63, 3.8) is 0 Å². The van der Waals surface area contributed by atoms with Gasteiger partial charge in [-0.3, -0.25) is 0 Å². The summed E-state index contributed by atoms with van der Waals surface area (Å²) in [6.45, 7) is 4.37. The van der Waals surface area contributed by atoms with Gasteiger partial charge in [-0.15, -0.1) is 22.7 Å². The second-order valence-electron chi connectivity index (χ2n) is 10.7. The molecular weight excluding hydrogens is 613 g/mol. The van der Waals surface area contributed by atoms with E-state index in [0.717, 1.165) is 43.7 Å². The second-order valence-corrected chi connectivity index (χ2v) is 15.5. The second kappa shape index (κ2) is 11.5. The van der Waals surface area contributed by atoms with E-state index in [9.17, 15) is 0 Å². The molecule has 0 saturated heterocycles. The number of nitrogens with zero attached hydrogens (tertiary/aromatic N) is 2. The number of thioether (sulfide) groups is 2. The van der Waals surface area contributed by atoms with Crippen molar-refractivity contribution in [2.24, 2.45) is 0 Å². The Morgan fingerprint density at radius 2 is 1.02 bits per heavy atom. The summed E-state index contributed by atoms with van der Waals surface area (Å²) >= 11 is 7.21. The number of benzene rings is 3. The molecule has 3 aliphatic rings. The van der Waals surface area contributed by atoms with Crippen LogP contribution in [0.3, 0.4) is 0 Å². The van der Waals surface area contributed by atoms with Crippen LogP contribution in [0.2, 0.25) is 0 Å². The first-order valence-corrected chi connectivity index (χ1v) is 17.7. The lowest BCUT2D eigenvalue weighted by Gasteiger charge is -2.05. The highest BCUT2D eigenvalue weighted by Gasteiger charge is 2.22. The van der Waals surface area contributed by atoms with Crippen LogP contribution >= 0.6 is 46.2 Å². The summed E-state index contributed by atoms with van der Waals surface area (Å²) < 4.78 is 1.30. The highest BCUT2D eigenvalue weighted by atomic mass is 32.2. The van der Waals surface area contributed by atoms with Gasteiger partial charge in [0.2, 0.25) is 0 Å². The maximum absolute atomic E-state index is 5.25. The molecule has 0 N–H and O–H groups in total. The van der Waals surface area contributed by atoms with Gasteiger partial charge < -0.3 is 0 Å². The minimum atomic E-state index is 1.02. The highest BCUT2D eigenvalue weighted by Crippen LogP contribution is 2.52. The number of aromatic nitrogens is 2. The Bertz CT molecular complexity index is 2110. The van der Waals surface area contributed by atoms with E-state index in [4.69, 9.17) is 9.97 Å². The molecular formula is C38H26N2S4. The maximum Gasteiger partial charge on any atom is 0.124 e. The van der Waals surface area contributed by atoms with Crippen molar-refractivity contribution in [1.29, 1.82) is 0 Å². The maximum atomic E-state index is 5.25. The molecule has 5 aromatic rings. The van der Waals surface area contributed by atoms with Crippen LogP contribution in [0.5, 0.6) is 0 Å². The zero-order valence-corrected chi connectivity index (χ0v) is 27.3. The van der Waals surface area contributed by atoms with Crippen LogP contribution in [-0.2, 0) is 0 Å². The van der Waals surface area contributed by atoms with Crippen LogP contribution in [0, 0.1) is 13.8 Å². The zero-order valence-electron chi connectivity index (χ0n) is 24.1. The first-order chi connectivity index (χ1) is 21.6. The average Bonchev–Trinajstić information content (AvgIpc) is 3.81. The predicted molar refractivity (Wildman–Crippen MR) is 192 cm³/mol. The van der Waals surface area contributed by atoms with Crippen LogP contribution < -0.4 is 0 Å². The van der Waals surface area contributed by atoms with Crippen molar-refractivity contribution in [3.8, 4) is 54.8 Å². The lowest BCUT2D eigenvalue weighted by atomic mass is 10.0. The molecule has 212 valence electrons. The lowest BCUT2D eigenvalue weighted by Crippen LogP contribution is -1.87. The fourth-order valence-electron chi connectivity index (χ4n) is 5.61. The summed E-state index contributed by atoms with van der Waals surface area (Å²) in [5.41, 5.74) is 10.2. The molecule has 0 spiro atoms.